The minimum atomic E-state index is -0.429. The average Bonchev–Trinajstić information content (AvgIpc) is 2.99. The van der Waals surface area contributed by atoms with Crippen LogP contribution in [0, 0.1) is 11.6 Å². The molecule has 2 aromatic carbocycles. The van der Waals surface area contributed by atoms with Gasteiger partial charge in [0.05, 0.1) is 22.3 Å². The molecule has 1 saturated heterocycles. The number of hydrazine groups is 1. The van der Waals surface area contributed by atoms with E-state index in [1.165, 1.54) is 17.8 Å². The maximum atomic E-state index is 13.5. The molecule has 130 valence electrons. The lowest BCUT2D eigenvalue weighted by atomic mass is 9.99. The quantitative estimate of drug-likeness (QED) is 0.639. The summed E-state index contributed by atoms with van der Waals surface area (Å²) in [6, 6.07) is 9.59. The molecular weight excluding hydrogens is 365 g/mol. The number of nitrogens with zero attached hydrogens (tertiary/aromatic N) is 2. The minimum absolute atomic E-state index is 0.106. The maximum Gasteiger partial charge on any atom is 0.141 e. The van der Waals surface area contributed by atoms with Crippen molar-refractivity contribution in [2.45, 2.75) is 19.3 Å². The third kappa shape index (κ3) is 2.98. The van der Waals surface area contributed by atoms with Crippen molar-refractivity contribution < 1.29 is 8.78 Å². The van der Waals surface area contributed by atoms with E-state index in [2.05, 4.69) is 10.0 Å². The van der Waals surface area contributed by atoms with Crippen molar-refractivity contribution >= 4 is 34.5 Å². The molecule has 2 aliphatic rings. The summed E-state index contributed by atoms with van der Waals surface area (Å²) in [6.45, 7) is 1.52. The monoisotopic (exact) mass is 380 g/mol. The molecule has 0 radical (unpaired) electrons. The first-order chi connectivity index (χ1) is 12.0. The first kappa shape index (κ1) is 16.7. The van der Waals surface area contributed by atoms with Crippen LogP contribution in [-0.2, 0) is 0 Å². The summed E-state index contributed by atoms with van der Waals surface area (Å²) in [6.07, 6.45) is 3.16. The fraction of sp³-hybridized carbons (Fsp3) is 0.263. The molecular formula is C19H16Cl2F2N2. The second-order valence-corrected chi connectivity index (χ2v) is 7.10. The Morgan fingerprint density at radius 3 is 2.28 bits per heavy atom. The highest BCUT2D eigenvalue weighted by molar-refractivity contribution is 6.31. The molecule has 0 amide bonds. The third-order valence-corrected chi connectivity index (χ3v) is 5.34. The average molecular weight is 381 g/mol. The van der Waals surface area contributed by atoms with E-state index >= 15 is 0 Å². The fourth-order valence-electron chi connectivity index (χ4n) is 3.54. The second kappa shape index (κ2) is 6.50. The van der Waals surface area contributed by atoms with Gasteiger partial charge in [0.15, 0.2) is 0 Å². The number of hydrogen-bond donors (Lipinski definition) is 0. The Bertz CT molecular complexity index is 866. The van der Waals surface area contributed by atoms with Gasteiger partial charge in [0.2, 0.25) is 0 Å². The molecule has 2 heterocycles. The molecule has 0 spiro atoms. The Morgan fingerprint density at radius 1 is 0.840 bits per heavy atom. The molecule has 4 rings (SSSR count). The molecule has 2 nitrogen and oxygen atoms in total. The van der Waals surface area contributed by atoms with Gasteiger partial charge in [-0.2, -0.15) is 0 Å². The summed E-state index contributed by atoms with van der Waals surface area (Å²) in [5.41, 5.74) is 4.11. The molecule has 0 saturated carbocycles. The zero-order valence-electron chi connectivity index (χ0n) is 13.4. The summed E-state index contributed by atoms with van der Waals surface area (Å²) in [5.74, 6) is -0.848. The van der Waals surface area contributed by atoms with Crippen LogP contribution in [0.2, 0.25) is 10.0 Å². The predicted octanol–water partition coefficient (Wildman–Crippen LogP) is 5.90. The number of piperidine rings is 1. The summed E-state index contributed by atoms with van der Waals surface area (Å²) >= 11 is 11.9. The van der Waals surface area contributed by atoms with Crippen LogP contribution >= 0.6 is 23.2 Å². The van der Waals surface area contributed by atoms with Gasteiger partial charge in [-0.25, -0.2) is 8.78 Å². The Hall–Kier alpha value is -1.78. The number of allylic oxidation sites excluding steroid dienone is 1. The standard InChI is InChI=1S/C19H16Cl2F2N2/c20-15-9-12(4-6-17(15)22)14-11-25(24-8-2-1-3-19(14)24)13-5-7-18(23)16(21)10-13/h4-7,9-10H,1-3,8,11H2. The number of fused-ring (bicyclic) bond motifs is 1. The van der Waals surface area contributed by atoms with Crippen LogP contribution < -0.4 is 5.01 Å². The number of benzene rings is 2. The largest absolute Gasteiger partial charge is 0.289 e. The number of rotatable bonds is 2. The molecule has 0 bridgehead atoms. The van der Waals surface area contributed by atoms with Gasteiger partial charge >= 0.3 is 0 Å². The SMILES string of the molecule is Fc1ccc(C2=C3CCCCN3N(c3ccc(F)c(Cl)c3)C2)cc1Cl. The molecule has 0 aromatic heterocycles. The maximum absolute atomic E-state index is 13.5. The first-order valence-corrected chi connectivity index (χ1v) is 8.97. The van der Waals surface area contributed by atoms with E-state index in [0.29, 0.717) is 6.54 Å². The van der Waals surface area contributed by atoms with Crippen molar-refractivity contribution in [1.29, 1.82) is 0 Å². The third-order valence-electron chi connectivity index (χ3n) is 4.76. The second-order valence-electron chi connectivity index (χ2n) is 6.29. The van der Waals surface area contributed by atoms with E-state index < -0.39 is 11.6 Å². The van der Waals surface area contributed by atoms with Gasteiger partial charge in [-0.3, -0.25) is 10.0 Å². The van der Waals surface area contributed by atoms with Crippen LogP contribution in [0.15, 0.2) is 42.1 Å². The van der Waals surface area contributed by atoms with Crippen molar-refractivity contribution in [2.24, 2.45) is 0 Å². The molecule has 1 fully saturated rings. The lowest BCUT2D eigenvalue weighted by Crippen LogP contribution is -2.40. The lowest BCUT2D eigenvalue weighted by Gasteiger charge is -2.36. The fourth-order valence-corrected chi connectivity index (χ4v) is 3.89. The van der Waals surface area contributed by atoms with E-state index in [-0.39, 0.29) is 10.0 Å². The highest BCUT2D eigenvalue weighted by Crippen LogP contribution is 2.40. The van der Waals surface area contributed by atoms with E-state index in [1.54, 1.807) is 24.3 Å². The Kier molecular flexibility index (Phi) is 4.34. The summed E-state index contributed by atoms with van der Waals surface area (Å²) in [7, 11) is 0. The van der Waals surface area contributed by atoms with Gasteiger partial charge in [-0.05, 0) is 55.2 Å². The van der Waals surface area contributed by atoms with E-state index in [9.17, 15) is 8.78 Å². The topological polar surface area (TPSA) is 6.48 Å². The normalized spacial score (nSPS) is 17.3. The zero-order chi connectivity index (χ0) is 17.6. The molecule has 6 heteroatoms. The van der Waals surface area contributed by atoms with Gasteiger partial charge < -0.3 is 0 Å². The smallest absolute Gasteiger partial charge is 0.141 e. The highest BCUT2D eigenvalue weighted by Gasteiger charge is 2.32. The van der Waals surface area contributed by atoms with E-state index in [0.717, 1.165) is 42.6 Å². The van der Waals surface area contributed by atoms with Crippen LogP contribution in [0.3, 0.4) is 0 Å². The Morgan fingerprint density at radius 2 is 1.56 bits per heavy atom. The van der Waals surface area contributed by atoms with Gasteiger partial charge in [0, 0.05) is 17.8 Å². The van der Waals surface area contributed by atoms with Crippen molar-refractivity contribution in [3.63, 3.8) is 0 Å². The summed E-state index contributed by atoms with van der Waals surface area (Å²) in [5, 5.41) is 4.55. The van der Waals surface area contributed by atoms with E-state index in [1.807, 2.05) is 0 Å². The molecule has 2 aromatic rings. The highest BCUT2D eigenvalue weighted by atomic mass is 35.5. The molecule has 25 heavy (non-hydrogen) atoms. The lowest BCUT2D eigenvalue weighted by molar-refractivity contribution is 0.294. The number of anilines is 1. The van der Waals surface area contributed by atoms with Gasteiger partial charge in [-0.15, -0.1) is 0 Å². The van der Waals surface area contributed by atoms with Gasteiger partial charge in [-0.1, -0.05) is 29.3 Å². The van der Waals surface area contributed by atoms with Crippen molar-refractivity contribution in [1.82, 2.24) is 5.01 Å². The van der Waals surface area contributed by atoms with Crippen LogP contribution in [0.5, 0.6) is 0 Å². The Labute approximate surface area is 155 Å². The summed E-state index contributed by atoms with van der Waals surface area (Å²) in [4.78, 5) is 0. The van der Waals surface area contributed by atoms with Crippen molar-refractivity contribution in [3.05, 3.63) is 69.3 Å². The van der Waals surface area contributed by atoms with Gasteiger partial charge in [0.1, 0.15) is 11.6 Å². The van der Waals surface area contributed by atoms with Crippen LogP contribution in [0.1, 0.15) is 24.8 Å². The Balaban J connectivity index is 1.74. The van der Waals surface area contributed by atoms with E-state index in [4.69, 9.17) is 23.2 Å². The predicted molar refractivity (Wildman–Crippen MR) is 97.6 cm³/mol. The summed E-state index contributed by atoms with van der Waals surface area (Å²) < 4.78 is 27.0. The van der Waals surface area contributed by atoms with Crippen LogP contribution in [-0.4, -0.2) is 18.1 Å². The van der Waals surface area contributed by atoms with Crippen LogP contribution in [0.25, 0.3) is 5.57 Å². The molecule has 2 aliphatic heterocycles. The molecule has 0 atom stereocenters. The molecule has 0 unspecified atom stereocenters. The van der Waals surface area contributed by atoms with Crippen molar-refractivity contribution in [2.75, 3.05) is 18.1 Å². The number of hydrogen-bond acceptors (Lipinski definition) is 2. The first-order valence-electron chi connectivity index (χ1n) is 8.22. The zero-order valence-corrected chi connectivity index (χ0v) is 14.9. The minimum Gasteiger partial charge on any atom is -0.289 e. The molecule has 0 aliphatic carbocycles. The number of halogens is 4. The van der Waals surface area contributed by atoms with Crippen LogP contribution in [0.4, 0.5) is 14.5 Å². The molecule has 0 N–H and O–H groups in total. The van der Waals surface area contributed by atoms with Crippen molar-refractivity contribution in [3.8, 4) is 0 Å². The van der Waals surface area contributed by atoms with Gasteiger partial charge in [0.25, 0.3) is 0 Å².